The zero-order valence-electron chi connectivity index (χ0n) is 15.8. The van der Waals surface area contributed by atoms with Crippen molar-refractivity contribution in [3.05, 3.63) is 65.9 Å². The number of carbonyl (C=O) groups excluding carboxylic acids is 1. The Balaban J connectivity index is 1.56. The second-order valence-corrected chi connectivity index (χ2v) is 6.55. The van der Waals surface area contributed by atoms with E-state index in [1.54, 1.807) is 18.9 Å². The fraction of sp³-hybridized carbons (Fsp3) is 0.238. The predicted octanol–water partition coefficient (Wildman–Crippen LogP) is 2.60. The van der Waals surface area contributed by atoms with Gasteiger partial charge in [-0.05, 0) is 35.9 Å². The summed E-state index contributed by atoms with van der Waals surface area (Å²) in [7, 11) is 3.28. The van der Waals surface area contributed by atoms with E-state index in [1.807, 2.05) is 54.6 Å². The molecule has 3 aromatic rings. The van der Waals surface area contributed by atoms with Crippen LogP contribution in [-0.4, -0.2) is 36.5 Å². The predicted molar refractivity (Wildman–Crippen MR) is 105 cm³/mol. The molecule has 0 bridgehead atoms. The van der Waals surface area contributed by atoms with Crippen LogP contribution in [0.2, 0.25) is 0 Å². The summed E-state index contributed by atoms with van der Waals surface area (Å²) in [4.78, 5) is 12.3. The first-order valence-corrected chi connectivity index (χ1v) is 9.06. The van der Waals surface area contributed by atoms with E-state index in [1.165, 1.54) is 0 Å². The van der Waals surface area contributed by atoms with Crippen LogP contribution in [-0.2, 0) is 6.54 Å². The first kappa shape index (κ1) is 18.1. The SMILES string of the molecule is COc1ccc(CNC2CNC(=O)c3cc(-c4cccc(OC)c4)nn32)cc1. The molecule has 7 nitrogen and oxygen atoms in total. The van der Waals surface area contributed by atoms with Gasteiger partial charge in [0.1, 0.15) is 23.4 Å². The van der Waals surface area contributed by atoms with Crippen molar-refractivity contribution in [2.75, 3.05) is 20.8 Å². The van der Waals surface area contributed by atoms with Gasteiger partial charge < -0.3 is 14.8 Å². The number of benzene rings is 2. The Bertz CT molecular complexity index is 982. The number of carbonyl (C=O) groups is 1. The van der Waals surface area contributed by atoms with Crippen molar-refractivity contribution in [1.82, 2.24) is 20.4 Å². The van der Waals surface area contributed by atoms with Gasteiger partial charge in [0.2, 0.25) is 0 Å². The van der Waals surface area contributed by atoms with Crippen molar-refractivity contribution < 1.29 is 14.3 Å². The number of aromatic nitrogens is 2. The van der Waals surface area contributed by atoms with Gasteiger partial charge in [0.05, 0.1) is 26.5 Å². The number of fused-ring (bicyclic) bond motifs is 1. The minimum absolute atomic E-state index is 0.121. The van der Waals surface area contributed by atoms with Crippen LogP contribution in [0.5, 0.6) is 11.5 Å². The highest BCUT2D eigenvalue weighted by Gasteiger charge is 2.27. The number of ether oxygens (including phenoxy) is 2. The molecule has 7 heteroatoms. The molecule has 28 heavy (non-hydrogen) atoms. The molecule has 0 saturated heterocycles. The molecule has 0 saturated carbocycles. The number of amides is 1. The summed E-state index contributed by atoms with van der Waals surface area (Å²) < 4.78 is 12.2. The first-order valence-electron chi connectivity index (χ1n) is 9.06. The molecule has 4 rings (SSSR count). The highest BCUT2D eigenvalue weighted by atomic mass is 16.5. The van der Waals surface area contributed by atoms with E-state index in [4.69, 9.17) is 9.47 Å². The average Bonchev–Trinajstić information content (AvgIpc) is 3.20. The Hall–Kier alpha value is -3.32. The van der Waals surface area contributed by atoms with Crippen LogP contribution in [0.1, 0.15) is 22.2 Å². The van der Waals surface area contributed by atoms with Gasteiger partial charge in [-0.3, -0.25) is 10.1 Å². The molecule has 0 fully saturated rings. The van der Waals surface area contributed by atoms with E-state index in [-0.39, 0.29) is 12.1 Å². The van der Waals surface area contributed by atoms with Crippen molar-refractivity contribution in [3.63, 3.8) is 0 Å². The lowest BCUT2D eigenvalue weighted by molar-refractivity contribution is 0.0900. The van der Waals surface area contributed by atoms with Crippen LogP contribution in [0.25, 0.3) is 11.3 Å². The van der Waals surface area contributed by atoms with Crippen molar-refractivity contribution in [3.8, 4) is 22.8 Å². The molecule has 1 unspecified atom stereocenters. The number of rotatable bonds is 6. The smallest absolute Gasteiger partial charge is 0.269 e. The maximum absolute atomic E-state index is 12.3. The van der Waals surface area contributed by atoms with Gasteiger partial charge in [0.25, 0.3) is 5.91 Å². The van der Waals surface area contributed by atoms with Crippen LogP contribution in [0.15, 0.2) is 54.6 Å². The van der Waals surface area contributed by atoms with Gasteiger partial charge in [0, 0.05) is 12.1 Å². The molecule has 2 heterocycles. The second kappa shape index (κ2) is 7.74. The third-order valence-corrected chi connectivity index (χ3v) is 4.79. The third-order valence-electron chi connectivity index (χ3n) is 4.79. The lowest BCUT2D eigenvalue weighted by Gasteiger charge is -2.25. The van der Waals surface area contributed by atoms with Gasteiger partial charge in [0.15, 0.2) is 0 Å². The molecular formula is C21H22N4O3. The van der Waals surface area contributed by atoms with E-state index in [9.17, 15) is 4.79 Å². The van der Waals surface area contributed by atoms with E-state index in [0.29, 0.717) is 18.8 Å². The number of methoxy groups -OCH3 is 2. The Kier molecular flexibility index (Phi) is 4.99. The number of hydrogen-bond acceptors (Lipinski definition) is 5. The summed E-state index contributed by atoms with van der Waals surface area (Å²) in [6, 6.07) is 17.3. The van der Waals surface area contributed by atoms with Crippen LogP contribution < -0.4 is 20.1 Å². The highest BCUT2D eigenvalue weighted by Crippen LogP contribution is 2.26. The standard InChI is InChI=1S/C21H22N4O3/c1-27-16-8-6-14(7-9-16)12-22-20-13-23-21(26)19-11-18(24-25(19)20)15-4-3-5-17(10-15)28-2/h3-11,20,22H,12-13H2,1-2H3,(H,23,26). The van der Waals surface area contributed by atoms with E-state index >= 15 is 0 Å². The van der Waals surface area contributed by atoms with E-state index < -0.39 is 0 Å². The maximum Gasteiger partial charge on any atom is 0.269 e. The Morgan fingerprint density at radius 2 is 1.89 bits per heavy atom. The molecule has 2 aromatic carbocycles. The Morgan fingerprint density at radius 1 is 1.11 bits per heavy atom. The lowest BCUT2D eigenvalue weighted by Crippen LogP contribution is -2.45. The monoisotopic (exact) mass is 378 g/mol. The summed E-state index contributed by atoms with van der Waals surface area (Å²) in [6.07, 6.45) is -0.130. The Labute approximate surface area is 163 Å². The number of hydrogen-bond donors (Lipinski definition) is 2. The number of nitrogens with one attached hydrogen (secondary N) is 2. The topological polar surface area (TPSA) is 77.4 Å². The summed E-state index contributed by atoms with van der Waals surface area (Å²) >= 11 is 0. The van der Waals surface area contributed by atoms with E-state index in [0.717, 1.165) is 28.3 Å². The molecular weight excluding hydrogens is 356 g/mol. The zero-order chi connectivity index (χ0) is 19.5. The van der Waals surface area contributed by atoms with E-state index in [2.05, 4.69) is 15.7 Å². The minimum atomic E-state index is -0.130. The molecule has 1 aromatic heterocycles. The fourth-order valence-corrected chi connectivity index (χ4v) is 3.23. The highest BCUT2D eigenvalue weighted by molar-refractivity contribution is 5.94. The third kappa shape index (κ3) is 3.57. The summed E-state index contributed by atoms with van der Waals surface area (Å²) in [5.41, 5.74) is 3.31. The van der Waals surface area contributed by atoms with Gasteiger partial charge in [-0.25, -0.2) is 4.68 Å². The molecule has 1 atom stereocenters. The molecule has 1 amide bonds. The lowest BCUT2D eigenvalue weighted by atomic mass is 10.1. The normalized spacial score (nSPS) is 15.6. The van der Waals surface area contributed by atoms with Crippen molar-refractivity contribution >= 4 is 5.91 Å². The van der Waals surface area contributed by atoms with Crippen molar-refractivity contribution in [2.45, 2.75) is 12.7 Å². The second-order valence-electron chi connectivity index (χ2n) is 6.55. The molecule has 0 radical (unpaired) electrons. The van der Waals surface area contributed by atoms with Crippen molar-refractivity contribution in [1.29, 1.82) is 0 Å². The molecule has 1 aliphatic rings. The van der Waals surface area contributed by atoms with Crippen LogP contribution in [0.4, 0.5) is 0 Å². The van der Waals surface area contributed by atoms with Gasteiger partial charge in [-0.2, -0.15) is 5.10 Å². The maximum atomic E-state index is 12.3. The average molecular weight is 378 g/mol. The van der Waals surface area contributed by atoms with Crippen molar-refractivity contribution in [2.24, 2.45) is 0 Å². The molecule has 0 spiro atoms. The molecule has 144 valence electrons. The van der Waals surface area contributed by atoms with Gasteiger partial charge in [-0.1, -0.05) is 24.3 Å². The van der Waals surface area contributed by atoms with Gasteiger partial charge >= 0.3 is 0 Å². The van der Waals surface area contributed by atoms with Crippen LogP contribution >= 0.6 is 0 Å². The number of nitrogens with zero attached hydrogens (tertiary/aromatic N) is 2. The summed E-state index contributed by atoms with van der Waals surface area (Å²) in [6.45, 7) is 1.12. The van der Waals surface area contributed by atoms with Crippen LogP contribution in [0.3, 0.4) is 0 Å². The minimum Gasteiger partial charge on any atom is -0.497 e. The largest absolute Gasteiger partial charge is 0.497 e. The first-order chi connectivity index (χ1) is 13.7. The summed E-state index contributed by atoms with van der Waals surface area (Å²) in [5.74, 6) is 1.46. The van der Waals surface area contributed by atoms with Gasteiger partial charge in [-0.15, -0.1) is 0 Å². The zero-order valence-corrected chi connectivity index (χ0v) is 15.8. The Morgan fingerprint density at radius 3 is 2.64 bits per heavy atom. The quantitative estimate of drug-likeness (QED) is 0.689. The molecule has 2 N–H and O–H groups in total. The molecule has 0 aliphatic carbocycles. The fourth-order valence-electron chi connectivity index (χ4n) is 3.23. The molecule has 1 aliphatic heterocycles. The summed E-state index contributed by atoms with van der Waals surface area (Å²) in [5, 5.41) is 11.1. The van der Waals surface area contributed by atoms with Crippen LogP contribution in [0, 0.1) is 0 Å².